The van der Waals surface area contributed by atoms with Crippen molar-refractivity contribution in [2.75, 3.05) is 13.3 Å². The molecule has 8 nitrogen and oxygen atoms in total. The van der Waals surface area contributed by atoms with Gasteiger partial charge < -0.3 is 9.47 Å². The minimum Gasteiger partial charge on any atom is -0.454 e. The van der Waals surface area contributed by atoms with Crippen molar-refractivity contribution in [3.8, 4) is 11.5 Å². The summed E-state index contributed by atoms with van der Waals surface area (Å²) >= 11 is 0. The molecule has 1 atom stereocenters. The van der Waals surface area contributed by atoms with Gasteiger partial charge in [0.2, 0.25) is 6.79 Å². The van der Waals surface area contributed by atoms with Gasteiger partial charge in [-0.25, -0.2) is 0 Å². The maximum atomic E-state index is 10.8. The molecule has 0 amide bonds. The molecule has 0 radical (unpaired) electrons. The first-order valence-electron chi connectivity index (χ1n) is 7.51. The van der Waals surface area contributed by atoms with Crippen LogP contribution in [0, 0.1) is 10.1 Å². The van der Waals surface area contributed by atoms with Gasteiger partial charge in [-0.05, 0) is 30.5 Å². The third kappa shape index (κ3) is 2.61. The minimum atomic E-state index is -0.428. The Kier molecular flexibility index (Phi) is 3.38. The summed E-state index contributed by atoms with van der Waals surface area (Å²) in [6, 6.07) is 6.28. The Hall–Kier alpha value is -2.61. The van der Waals surface area contributed by atoms with E-state index in [-0.39, 0.29) is 18.5 Å². The second-order valence-corrected chi connectivity index (χ2v) is 5.72. The minimum absolute atomic E-state index is 0.0174. The summed E-state index contributed by atoms with van der Waals surface area (Å²) in [7, 11) is 0. The van der Waals surface area contributed by atoms with Gasteiger partial charge in [0.1, 0.15) is 12.4 Å². The number of nitro groups is 1. The lowest BCUT2D eigenvalue weighted by Crippen LogP contribution is -2.26. The second-order valence-electron chi connectivity index (χ2n) is 5.72. The fourth-order valence-corrected chi connectivity index (χ4v) is 3.20. The summed E-state index contributed by atoms with van der Waals surface area (Å²) in [5, 5.41) is 14.8. The Balaban J connectivity index is 1.53. The van der Waals surface area contributed by atoms with Crippen LogP contribution in [0.25, 0.3) is 0 Å². The lowest BCUT2D eigenvalue weighted by atomic mass is 10.0. The van der Waals surface area contributed by atoms with Gasteiger partial charge in [0, 0.05) is 12.6 Å². The molecule has 1 fully saturated rings. The van der Waals surface area contributed by atoms with Crippen molar-refractivity contribution < 1.29 is 14.4 Å². The number of rotatable bonds is 4. The molecule has 8 heteroatoms. The number of likely N-dealkylation sites (tertiary alicyclic amines) is 1. The van der Waals surface area contributed by atoms with Crippen molar-refractivity contribution in [3.05, 3.63) is 46.3 Å². The maximum Gasteiger partial charge on any atom is 0.307 e. The third-order valence-corrected chi connectivity index (χ3v) is 4.30. The van der Waals surface area contributed by atoms with Crippen LogP contribution < -0.4 is 9.47 Å². The maximum absolute atomic E-state index is 10.8. The Morgan fingerprint density at radius 2 is 2.22 bits per heavy atom. The number of aromatic nitrogens is 2. The highest BCUT2D eigenvalue weighted by atomic mass is 16.7. The summed E-state index contributed by atoms with van der Waals surface area (Å²) in [6.07, 6.45) is 4.88. The average Bonchev–Trinajstić information content (AvgIpc) is 3.27. The largest absolute Gasteiger partial charge is 0.454 e. The molecule has 0 aliphatic carbocycles. The molecule has 4 rings (SSSR count). The van der Waals surface area contributed by atoms with Crippen LogP contribution in [0.5, 0.6) is 11.5 Å². The molecular formula is C15H16N4O4. The van der Waals surface area contributed by atoms with E-state index in [0.29, 0.717) is 6.67 Å². The lowest BCUT2D eigenvalue weighted by molar-refractivity contribution is -0.385. The van der Waals surface area contributed by atoms with Gasteiger partial charge in [0.15, 0.2) is 11.5 Å². The zero-order valence-electron chi connectivity index (χ0n) is 12.4. The summed E-state index contributed by atoms with van der Waals surface area (Å²) in [6.45, 7) is 1.74. The van der Waals surface area contributed by atoms with E-state index in [1.807, 2.05) is 12.1 Å². The molecule has 0 bridgehead atoms. The second kappa shape index (κ2) is 5.54. The van der Waals surface area contributed by atoms with E-state index in [0.717, 1.165) is 30.9 Å². The Bertz CT molecular complexity index is 745. The molecule has 120 valence electrons. The predicted molar refractivity (Wildman–Crippen MR) is 80.1 cm³/mol. The van der Waals surface area contributed by atoms with Crippen molar-refractivity contribution in [2.24, 2.45) is 0 Å². The first-order valence-corrected chi connectivity index (χ1v) is 7.51. The van der Waals surface area contributed by atoms with Crippen LogP contribution >= 0.6 is 0 Å². The molecule has 2 aliphatic rings. The molecule has 1 aromatic carbocycles. The van der Waals surface area contributed by atoms with Gasteiger partial charge in [0.05, 0.1) is 11.6 Å². The zero-order chi connectivity index (χ0) is 15.8. The van der Waals surface area contributed by atoms with E-state index in [1.54, 1.807) is 4.68 Å². The van der Waals surface area contributed by atoms with Crippen LogP contribution in [0.4, 0.5) is 5.69 Å². The normalized spacial score (nSPS) is 20.1. The van der Waals surface area contributed by atoms with E-state index in [2.05, 4.69) is 16.1 Å². The SMILES string of the molecule is O=[N+]([O-])c1cnn(CN2CCC[C@H]2c2ccc3c(c2)OCO3)c1. The first kappa shape index (κ1) is 14.0. The molecule has 0 unspecified atom stereocenters. The summed E-state index contributed by atoms with van der Waals surface area (Å²) in [5.74, 6) is 1.56. The Labute approximate surface area is 132 Å². The number of ether oxygens (including phenoxy) is 2. The van der Waals surface area contributed by atoms with Crippen LogP contribution in [0.15, 0.2) is 30.6 Å². The number of hydrogen-bond acceptors (Lipinski definition) is 6. The smallest absolute Gasteiger partial charge is 0.307 e. The van der Waals surface area contributed by atoms with Crippen molar-refractivity contribution in [2.45, 2.75) is 25.6 Å². The molecule has 2 aromatic rings. The van der Waals surface area contributed by atoms with Gasteiger partial charge in [-0.1, -0.05) is 6.07 Å². The molecule has 23 heavy (non-hydrogen) atoms. The Morgan fingerprint density at radius 3 is 3.04 bits per heavy atom. The van der Waals surface area contributed by atoms with E-state index < -0.39 is 4.92 Å². The number of benzene rings is 1. The highest BCUT2D eigenvalue weighted by Gasteiger charge is 2.28. The van der Waals surface area contributed by atoms with Crippen LogP contribution in [0.3, 0.4) is 0 Å². The number of nitrogens with zero attached hydrogens (tertiary/aromatic N) is 4. The van der Waals surface area contributed by atoms with Gasteiger partial charge in [-0.2, -0.15) is 5.10 Å². The van der Waals surface area contributed by atoms with Crippen molar-refractivity contribution in [1.82, 2.24) is 14.7 Å². The molecule has 0 spiro atoms. The highest BCUT2D eigenvalue weighted by Crippen LogP contribution is 2.39. The molecular weight excluding hydrogens is 300 g/mol. The van der Waals surface area contributed by atoms with Gasteiger partial charge >= 0.3 is 5.69 Å². The van der Waals surface area contributed by atoms with Crippen LogP contribution in [-0.4, -0.2) is 32.9 Å². The topological polar surface area (TPSA) is 82.7 Å². The molecule has 0 saturated carbocycles. The van der Waals surface area contributed by atoms with Crippen molar-refractivity contribution in [3.63, 3.8) is 0 Å². The predicted octanol–water partition coefficient (Wildman–Crippen LogP) is 2.31. The van der Waals surface area contributed by atoms with E-state index in [1.165, 1.54) is 18.0 Å². The Morgan fingerprint density at radius 1 is 1.35 bits per heavy atom. The highest BCUT2D eigenvalue weighted by molar-refractivity contribution is 5.45. The van der Waals surface area contributed by atoms with Crippen LogP contribution in [0.1, 0.15) is 24.4 Å². The number of hydrogen-bond donors (Lipinski definition) is 0. The van der Waals surface area contributed by atoms with Gasteiger partial charge in [-0.15, -0.1) is 0 Å². The van der Waals surface area contributed by atoms with Gasteiger partial charge in [0.25, 0.3) is 0 Å². The molecule has 3 heterocycles. The standard InChI is InChI=1S/C15H16N4O4/c20-19(21)12-7-16-18(8-12)9-17-5-1-2-13(17)11-3-4-14-15(6-11)23-10-22-14/h3-4,6-8,13H,1-2,5,9-10H2/t13-/m0/s1. The summed E-state index contributed by atoms with van der Waals surface area (Å²) in [4.78, 5) is 12.6. The average molecular weight is 316 g/mol. The molecule has 2 aliphatic heterocycles. The fourth-order valence-electron chi connectivity index (χ4n) is 3.20. The number of fused-ring (bicyclic) bond motifs is 1. The van der Waals surface area contributed by atoms with Gasteiger partial charge in [-0.3, -0.25) is 19.7 Å². The van der Waals surface area contributed by atoms with E-state index in [9.17, 15) is 10.1 Å². The van der Waals surface area contributed by atoms with Crippen LogP contribution in [0.2, 0.25) is 0 Å². The third-order valence-electron chi connectivity index (χ3n) is 4.30. The van der Waals surface area contributed by atoms with E-state index in [4.69, 9.17) is 9.47 Å². The van der Waals surface area contributed by atoms with Crippen molar-refractivity contribution in [1.29, 1.82) is 0 Å². The summed E-state index contributed by atoms with van der Waals surface area (Å²) in [5.41, 5.74) is 1.19. The monoisotopic (exact) mass is 316 g/mol. The molecule has 0 N–H and O–H groups in total. The fraction of sp³-hybridized carbons (Fsp3) is 0.400. The van der Waals surface area contributed by atoms with Crippen molar-refractivity contribution >= 4 is 5.69 Å². The van der Waals surface area contributed by atoms with Crippen LogP contribution in [-0.2, 0) is 6.67 Å². The lowest BCUT2D eigenvalue weighted by Gasteiger charge is -2.24. The first-order chi connectivity index (χ1) is 11.2. The molecule has 1 aromatic heterocycles. The summed E-state index contributed by atoms with van der Waals surface area (Å²) < 4.78 is 12.4. The molecule has 1 saturated heterocycles. The zero-order valence-corrected chi connectivity index (χ0v) is 12.4. The quantitative estimate of drug-likeness (QED) is 0.636. The van der Waals surface area contributed by atoms with E-state index >= 15 is 0 Å².